The van der Waals surface area contributed by atoms with Gasteiger partial charge in [0, 0.05) is 71.9 Å². The van der Waals surface area contributed by atoms with Crippen molar-refractivity contribution in [1.82, 2.24) is 14.5 Å². The Hall–Kier alpha value is -10.0. The first-order valence-corrected chi connectivity index (χ1v) is 30.9. The average molecular weight is 1120 g/mol. The predicted octanol–water partition coefficient (Wildman–Crippen LogP) is 20.9. The maximum atomic E-state index is 6.80. The molecule has 6 heteroatoms. The zero-order valence-corrected chi connectivity index (χ0v) is 49.8. The van der Waals surface area contributed by atoms with E-state index in [9.17, 15) is 0 Å². The van der Waals surface area contributed by atoms with Crippen LogP contribution in [-0.4, -0.2) is 14.5 Å². The van der Waals surface area contributed by atoms with Crippen molar-refractivity contribution in [3.8, 4) is 39.2 Å². The summed E-state index contributed by atoms with van der Waals surface area (Å²) in [4.78, 5) is 15.0. The molecule has 0 bridgehead atoms. The van der Waals surface area contributed by atoms with Gasteiger partial charge in [-0.25, -0.2) is 9.97 Å². The number of aromatic nitrogens is 3. The lowest BCUT2D eigenvalue weighted by atomic mass is 9.82. The summed E-state index contributed by atoms with van der Waals surface area (Å²) in [6, 6.07) is 77.9. The first kappa shape index (κ1) is 49.2. The smallest absolute Gasteiger partial charge is 0.197 e. The molecular formula is C81H61N5O. The van der Waals surface area contributed by atoms with Crippen molar-refractivity contribution in [2.75, 3.05) is 9.80 Å². The van der Waals surface area contributed by atoms with Crippen molar-refractivity contribution < 1.29 is 4.42 Å². The van der Waals surface area contributed by atoms with Gasteiger partial charge < -0.3 is 14.2 Å². The molecule has 10 aromatic carbocycles. The summed E-state index contributed by atoms with van der Waals surface area (Å²) < 4.78 is 9.11. The van der Waals surface area contributed by atoms with Crippen LogP contribution >= 0.6 is 0 Å². The van der Waals surface area contributed by atoms with Gasteiger partial charge >= 0.3 is 0 Å². The Labute approximate surface area is 506 Å². The Bertz CT molecular complexity index is 5240. The fraction of sp³-hybridized carbons (Fsp3) is 0.160. The van der Waals surface area contributed by atoms with Gasteiger partial charge in [0.15, 0.2) is 11.4 Å². The first-order chi connectivity index (χ1) is 42.3. The second-order valence-corrected chi connectivity index (χ2v) is 27.0. The number of fused-ring (bicyclic) bond motifs is 19. The molecule has 0 radical (unpaired) electrons. The number of allylic oxidation sites excluding steroid dienone is 4. The Balaban J connectivity index is 0.862. The van der Waals surface area contributed by atoms with Crippen LogP contribution in [0.1, 0.15) is 99.4 Å². The molecule has 416 valence electrons. The van der Waals surface area contributed by atoms with Crippen LogP contribution in [-0.2, 0) is 21.7 Å². The maximum Gasteiger partial charge on any atom is 0.197 e. The van der Waals surface area contributed by atoms with Crippen LogP contribution in [0.5, 0.6) is 0 Å². The van der Waals surface area contributed by atoms with Gasteiger partial charge in [0.25, 0.3) is 0 Å². The fourth-order valence-electron chi connectivity index (χ4n) is 17.2. The first-order valence-electron chi connectivity index (χ1n) is 30.9. The van der Waals surface area contributed by atoms with Crippen LogP contribution in [0.3, 0.4) is 0 Å². The molecule has 6 aliphatic rings. The predicted molar refractivity (Wildman–Crippen MR) is 357 cm³/mol. The molecule has 0 saturated heterocycles. The van der Waals surface area contributed by atoms with E-state index in [0.717, 1.165) is 78.8 Å². The van der Waals surface area contributed by atoms with Crippen LogP contribution in [0.2, 0.25) is 0 Å². The monoisotopic (exact) mass is 1120 g/mol. The molecular weight excluding hydrogens is 1060 g/mol. The largest absolute Gasteiger partial charge is 0.450 e. The fourth-order valence-corrected chi connectivity index (χ4v) is 17.2. The summed E-state index contributed by atoms with van der Waals surface area (Å²) in [5.74, 6) is 1.27. The van der Waals surface area contributed by atoms with Gasteiger partial charge in [-0.2, -0.15) is 0 Å². The number of nitrogens with zero attached hydrogens (tertiary/aromatic N) is 5. The van der Waals surface area contributed by atoms with Crippen molar-refractivity contribution >= 4 is 83.6 Å². The Morgan fingerprint density at radius 2 is 0.839 bits per heavy atom. The van der Waals surface area contributed by atoms with Crippen molar-refractivity contribution in [3.05, 3.63) is 275 Å². The van der Waals surface area contributed by atoms with Gasteiger partial charge in [0.05, 0.1) is 11.0 Å². The van der Waals surface area contributed by atoms with E-state index in [1.54, 1.807) is 11.9 Å². The molecule has 6 nitrogen and oxygen atoms in total. The van der Waals surface area contributed by atoms with E-state index in [1.807, 2.05) is 18.2 Å². The van der Waals surface area contributed by atoms with Crippen molar-refractivity contribution in [2.24, 2.45) is 5.92 Å². The number of rotatable bonds is 7. The van der Waals surface area contributed by atoms with Gasteiger partial charge in [0.1, 0.15) is 17.4 Å². The number of hydrogen-bond acceptors (Lipinski definition) is 5. The van der Waals surface area contributed by atoms with Gasteiger partial charge in [-0.05, 0) is 198 Å². The second kappa shape index (κ2) is 16.7. The van der Waals surface area contributed by atoms with Gasteiger partial charge in [-0.3, -0.25) is 4.57 Å². The van der Waals surface area contributed by atoms with Crippen molar-refractivity contribution in [3.63, 3.8) is 0 Å². The number of anilines is 6. The molecule has 0 spiro atoms. The molecule has 2 unspecified atom stereocenters. The van der Waals surface area contributed by atoms with Crippen LogP contribution in [0.15, 0.2) is 235 Å². The highest BCUT2D eigenvalue weighted by Crippen LogP contribution is 2.71. The second-order valence-electron chi connectivity index (χ2n) is 27.0. The van der Waals surface area contributed by atoms with E-state index in [4.69, 9.17) is 14.4 Å². The average Bonchev–Trinajstić information content (AvgIpc) is 1.50. The number of benzene rings is 10. The third-order valence-electron chi connectivity index (χ3n) is 21.7. The normalized spacial score (nSPS) is 18.6. The molecule has 1 fully saturated rings. The minimum Gasteiger partial charge on any atom is -0.450 e. The van der Waals surface area contributed by atoms with E-state index >= 15 is 0 Å². The molecule has 3 aromatic heterocycles. The zero-order valence-electron chi connectivity index (χ0n) is 49.8. The highest BCUT2D eigenvalue weighted by molar-refractivity contribution is 6.14. The Kier molecular flexibility index (Phi) is 9.44. The Morgan fingerprint density at radius 3 is 1.36 bits per heavy atom. The lowest BCUT2D eigenvalue weighted by molar-refractivity contribution is 0.660. The summed E-state index contributed by atoms with van der Waals surface area (Å²) >= 11 is 0. The summed E-state index contributed by atoms with van der Waals surface area (Å²) in [5, 5.41) is 3.16. The molecule has 2 atom stereocenters. The molecule has 0 N–H and O–H groups in total. The van der Waals surface area contributed by atoms with Crippen molar-refractivity contribution in [1.29, 1.82) is 0 Å². The zero-order chi connectivity index (χ0) is 58.2. The lowest BCUT2D eigenvalue weighted by Gasteiger charge is -2.30. The number of hydrogen-bond donors (Lipinski definition) is 0. The van der Waals surface area contributed by atoms with Gasteiger partial charge in [-0.1, -0.05) is 170 Å². The summed E-state index contributed by atoms with van der Waals surface area (Å²) in [6.07, 6.45) is 7.56. The van der Waals surface area contributed by atoms with E-state index in [0.29, 0.717) is 17.3 Å². The maximum absolute atomic E-state index is 6.80. The number of para-hydroxylation sites is 1. The molecule has 0 amide bonds. The lowest BCUT2D eigenvalue weighted by Crippen LogP contribution is -2.18. The van der Waals surface area contributed by atoms with Crippen LogP contribution in [0, 0.1) is 5.92 Å². The third kappa shape index (κ3) is 6.34. The highest BCUT2D eigenvalue weighted by Gasteiger charge is 2.63. The van der Waals surface area contributed by atoms with E-state index in [-0.39, 0.29) is 21.7 Å². The number of furan rings is 1. The molecule has 19 rings (SSSR count). The Morgan fingerprint density at radius 1 is 0.414 bits per heavy atom. The SMILES string of the molecule is CC1(C)c2ccccc2-c2ccc(N(c3ccc4c(c3)C(C)(C)c3ccccc3-4)c3ccc4c(c3)c3cc(N(c5ccc6c(c5)C(C)(C)c5ccccc5-6)c5ccc6c(c5)C5(C)C7=C6C=CCC75)ccc3n4-c3ncnc4c3oc3ccccc34)cc21. The van der Waals surface area contributed by atoms with Gasteiger partial charge in [-0.15, -0.1) is 0 Å². The van der Waals surface area contributed by atoms with E-state index in [1.165, 1.54) is 83.5 Å². The third-order valence-corrected chi connectivity index (χ3v) is 21.7. The van der Waals surface area contributed by atoms with Crippen LogP contribution < -0.4 is 9.80 Å². The summed E-state index contributed by atoms with van der Waals surface area (Å²) in [6.45, 7) is 16.8. The minimum atomic E-state index is -0.197. The summed E-state index contributed by atoms with van der Waals surface area (Å²) in [5.41, 5.74) is 32.2. The molecule has 3 heterocycles. The molecule has 1 saturated carbocycles. The van der Waals surface area contributed by atoms with E-state index < -0.39 is 0 Å². The molecule has 13 aromatic rings. The molecule has 6 aliphatic carbocycles. The molecule has 0 aliphatic heterocycles. The topological polar surface area (TPSA) is 50.3 Å². The van der Waals surface area contributed by atoms with Crippen LogP contribution in [0.4, 0.5) is 34.1 Å². The standard InChI is InChI=1S/C81H61N5O/c1-78(2)63-22-12-8-17-52(63)55-33-27-48(41-67(55)78)84(49-28-34-56-53-18-9-13-23-64(53)79(3,4)68(56)42-49)46-31-37-71-61(39-46)62-40-47(32-38-72(62)86(71)77-76-75(82-45-83-77)60-20-11-15-26-73(60)87-76)85(50-29-35-57-54-19-10-14-24-65(54)80(5,6)69(57)43-50)51-30-36-58-59-21-16-25-66-74(59)81(66,7)70(58)44-51/h8-24,26-45,66H,25H2,1-7H3. The highest BCUT2D eigenvalue weighted by atomic mass is 16.3. The quantitative estimate of drug-likeness (QED) is 0.159. The van der Waals surface area contributed by atoms with Crippen molar-refractivity contribution in [2.45, 2.75) is 76.5 Å². The minimum absolute atomic E-state index is 0.0493. The van der Waals surface area contributed by atoms with E-state index in [2.05, 4.69) is 263 Å². The summed E-state index contributed by atoms with van der Waals surface area (Å²) in [7, 11) is 0. The van der Waals surface area contributed by atoms with Crippen LogP contribution in [0.25, 0.3) is 88.6 Å². The molecule has 87 heavy (non-hydrogen) atoms. The van der Waals surface area contributed by atoms with Gasteiger partial charge in [0.2, 0.25) is 0 Å².